The fraction of sp³-hybridized carbons (Fsp3) is 0.364. The fourth-order valence-electron chi connectivity index (χ4n) is 3.62. The molecule has 0 bridgehead atoms. The number of carbonyl (C=O) groups is 2. The Kier molecular flexibility index (Phi) is 7.20. The van der Waals surface area contributed by atoms with Crippen molar-refractivity contribution in [3.63, 3.8) is 0 Å². The zero-order valence-corrected chi connectivity index (χ0v) is 19.2. The SMILES string of the molecule is CCCN(CC1=C(C(=O)OCC)C(c2ccco2)NC(=O)N1)Cc1nnc(-c2cccs2)o1. The number of urea groups is 1. The molecule has 1 unspecified atom stereocenters. The van der Waals surface area contributed by atoms with E-state index in [2.05, 4.69) is 20.8 Å². The molecule has 11 heteroatoms. The van der Waals surface area contributed by atoms with E-state index in [0.717, 1.165) is 11.3 Å². The zero-order valence-electron chi connectivity index (χ0n) is 18.4. The van der Waals surface area contributed by atoms with Gasteiger partial charge in [-0.2, -0.15) is 0 Å². The lowest BCUT2D eigenvalue weighted by atomic mass is 9.99. The summed E-state index contributed by atoms with van der Waals surface area (Å²) >= 11 is 1.52. The third kappa shape index (κ3) is 5.32. The van der Waals surface area contributed by atoms with Gasteiger partial charge in [-0.15, -0.1) is 21.5 Å². The molecular weight excluding hydrogens is 446 g/mol. The predicted octanol–water partition coefficient (Wildman–Crippen LogP) is 3.47. The van der Waals surface area contributed by atoms with Crippen LogP contribution in [0.3, 0.4) is 0 Å². The lowest BCUT2D eigenvalue weighted by molar-refractivity contribution is -0.139. The highest BCUT2D eigenvalue weighted by Gasteiger charge is 2.36. The highest BCUT2D eigenvalue weighted by Crippen LogP contribution is 2.29. The van der Waals surface area contributed by atoms with Crippen molar-refractivity contribution in [2.75, 3.05) is 19.7 Å². The summed E-state index contributed by atoms with van der Waals surface area (Å²) in [6.45, 7) is 5.32. The Bertz CT molecular complexity index is 1110. The highest BCUT2D eigenvalue weighted by atomic mass is 32.1. The van der Waals surface area contributed by atoms with Crippen LogP contribution in [0, 0.1) is 0 Å². The lowest BCUT2D eigenvalue weighted by Crippen LogP contribution is -2.48. The summed E-state index contributed by atoms with van der Waals surface area (Å²) in [6, 6.07) is 6.08. The maximum atomic E-state index is 12.9. The molecule has 2 N–H and O–H groups in total. The van der Waals surface area contributed by atoms with E-state index in [-0.39, 0.29) is 13.2 Å². The Hall–Kier alpha value is -3.44. The van der Waals surface area contributed by atoms with Gasteiger partial charge < -0.3 is 24.2 Å². The molecule has 1 atom stereocenters. The fourth-order valence-corrected chi connectivity index (χ4v) is 4.27. The van der Waals surface area contributed by atoms with Crippen LogP contribution in [0.4, 0.5) is 4.79 Å². The van der Waals surface area contributed by atoms with Gasteiger partial charge in [0.25, 0.3) is 5.89 Å². The number of amides is 2. The average Bonchev–Trinajstić information content (AvgIpc) is 3.55. The molecule has 174 valence electrons. The van der Waals surface area contributed by atoms with Crippen LogP contribution in [0.15, 0.2) is 56.0 Å². The number of nitrogens with one attached hydrogen (secondary N) is 2. The van der Waals surface area contributed by atoms with Gasteiger partial charge in [0.2, 0.25) is 5.89 Å². The average molecular weight is 472 g/mol. The molecule has 4 heterocycles. The van der Waals surface area contributed by atoms with Gasteiger partial charge in [0.1, 0.15) is 11.8 Å². The van der Waals surface area contributed by atoms with Crippen LogP contribution in [0.25, 0.3) is 10.8 Å². The number of esters is 1. The molecule has 0 radical (unpaired) electrons. The summed E-state index contributed by atoms with van der Waals surface area (Å²) in [5.74, 6) is 0.851. The Morgan fingerprint density at radius 2 is 2.12 bits per heavy atom. The van der Waals surface area contributed by atoms with Crippen LogP contribution in [-0.4, -0.2) is 46.8 Å². The molecule has 3 aromatic rings. The summed E-state index contributed by atoms with van der Waals surface area (Å²) in [5.41, 5.74) is 0.752. The van der Waals surface area contributed by atoms with E-state index < -0.39 is 18.0 Å². The van der Waals surface area contributed by atoms with Crippen LogP contribution < -0.4 is 10.6 Å². The van der Waals surface area contributed by atoms with Gasteiger partial charge in [-0.1, -0.05) is 13.0 Å². The summed E-state index contributed by atoms with van der Waals surface area (Å²) in [4.78, 5) is 28.2. The number of ether oxygens (including phenoxy) is 1. The van der Waals surface area contributed by atoms with E-state index >= 15 is 0 Å². The second-order valence-corrected chi connectivity index (χ2v) is 8.30. The standard InChI is InChI=1S/C22H25N5O5S/c1-3-9-27(13-17-25-26-20(32-17)16-8-6-11-33-16)12-14-18(21(28)30-4-2)19(24-22(29)23-14)15-7-5-10-31-15/h5-8,10-11,19H,3-4,9,12-13H2,1-2H3,(H2,23,24,29). The third-order valence-electron chi connectivity index (χ3n) is 4.96. The molecule has 3 aromatic heterocycles. The zero-order chi connectivity index (χ0) is 23.2. The van der Waals surface area contributed by atoms with Crippen molar-refractivity contribution >= 4 is 23.3 Å². The number of nitrogens with zero attached hydrogens (tertiary/aromatic N) is 3. The smallest absolute Gasteiger partial charge is 0.338 e. The van der Waals surface area contributed by atoms with Crippen molar-refractivity contribution in [3.05, 3.63) is 58.8 Å². The Morgan fingerprint density at radius 1 is 1.24 bits per heavy atom. The summed E-state index contributed by atoms with van der Waals surface area (Å²) in [6.07, 6.45) is 2.35. The molecule has 0 fully saturated rings. The number of hydrogen-bond acceptors (Lipinski definition) is 9. The molecule has 2 amide bonds. The second kappa shape index (κ2) is 10.5. The van der Waals surface area contributed by atoms with Crippen LogP contribution in [0.5, 0.6) is 0 Å². The maximum absolute atomic E-state index is 12.9. The van der Waals surface area contributed by atoms with E-state index in [1.54, 1.807) is 19.1 Å². The first kappa shape index (κ1) is 22.7. The largest absolute Gasteiger partial charge is 0.467 e. The normalized spacial score (nSPS) is 16.1. The van der Waals surface area contributed by atoms with Crippen molar-refractivity contribution in [2.24, 2.45) is 0 Å². The first-order valence-electron chi connectivity index (χ1n) is 10.7. The van der Waals surface area contributed by atoms with E-state index in [1.807, 2.05) is 29.3 Å². The topological polar surface area (TPSA) is 123 Å². The van der Waals surface area contributed by atoms with Crippen LogP contribution in [-0.2, 0) is 16.1 Å². The molecule has 4 rings (SSSR count). The predicted molar refractivity (Wildman–Crippen MR) is 120 cm³/mol. The van der Waals surface area contributed by atoms with Crippen molar-refractivity contribution in [3.8, 4) is 10.8 Å². The summed E-state index contributed by atoms with van der Waals surface area (Å²) in [7, 11) is 0. The first-order chi connectivity index (χ1) is 16.1. The molecule has 10 nitrogen and oxygen atoms in total. The molecule has 33 heavy (non-hydrogen) atoms. The minimum Gasteiger partial charge on any atom is -0.467 e. The minimum absolute atomic E-state index is 0.209. The van der Waals surface area contributed by atoms with Gasteiger partial charge in [0, 0.05) is 12.2 Å². The molecule has 0 saturated carbocycles. The summed E-state index contributed by atoms with van der Waals surface area (Å²) < 4.78 is 16.6. The van der Waals surface area contributed by atoms with Crippen LogP contribution in [0.1, 0.15) is 38.0 Å². The van der Waals surface area contributed by atoms with Crippen molar-refractivity contribution < 1.29 is 23.2 Å². The molecule has 1 aliphatic heterocycles. The van der Waals surface area contributed by atoms with E-state index in [1.165, 1.54) is 17.6 Å². The highest BCUT2D eigenvalue weighted by molar-refractivity contribution is 7.13. The quantitative estimate of drug-likeness (QED) is 0.431. The van der Waals surface area contributed by atoms with Gasteiger partial charge in [0.05, 0.1) is 29.9 Å². The van der Waals surface area contributed by atoms with Crippen LogP contribution in [0.2, 0.25) is 0 Å². The van der Waals surface area contributed by atoms with Gasteiger partial charge in [-0.25, -0.2) is 9.59 Å². The number of thiophene rings is 1. The molecule has 0 aliphatic carbocycles. The van der Waals surface area contributed by atoms with Gasteiger partial charge in [-0.05, 0) is 43.5 Å². The van der Waals surface area contributed by atoms with Gasteiger partial charge in [0.15, 0.2) is 0 Å². The lowest BCUT2D eigenvalue weighted by Gasteiger charge is -2.30. The van der Waals surface area contributed by atoms with E-state index in [0.29, 0.717) is 41.9 Å². The number of aromatic nitrogens is 2. The molecule has 0 spiro atoms. The number of carbonyl (C=O) groups excluding carboxylic acids is 2. The third-order valence-corrected chi connectivity index (χ3v) is 5.81. The Labute approximate surface area is 194 Å². The Balaban J connectivity index is 1.61. The number of hydrogen-bond donors (Lipinski definition) is 2. The first-order valence-corrected chi connectivity index (χ1v) is 11.6. The van der Waals surface area contributed by atoms with Gasteiger partial charge >= 0.3 is 12.0 Å². The van der Waals surface area contributed by atoms with Gasteiger partial charge in [-0.3, -0.25) is 4.90 Å². The molecular formula is C22H25N5O5S. The number of rotatable bonds is 10. The molecule has 0 aromatic carbocycles. The van der Waals surface area contributed by atoms with E-state index in [9.17, 15) is 9.59 Å². The monoisotopic (exact) mass is 471 g/mol. The maximum Gasteiger partial charge on any atom is 0.338 e. The Morgan fingerprint density at radius 3 is 2.82 bits per heavy atom. The second-order valence-electron chi connectivity index (χ2n) is 7.35. The minimum atomic E-state index is -0.750. The number of furan rings is 1. The molecule has 1 aliphatic rings. The van der Waals surface area contributed by atoms with Crippen molar-refractivity contribution in [1.29, 1.82) is 0 Å². The van der Waals surface area contributed by atoms with Crippen LogP contribution >= 0.6 is 11.3 Å². The molecule has 0 saturated heterocycles. The summed E-state index contributed by atoms with van der Waals surface area (Å²) in [5, 5.41) is 15.8. The van der Waals surface area contributed by atoms with Crippen molar-refractivity contribution in [2.45, 2.75) is 32.9 Å². The van der Waals surface area contributed by atoms with E-state index in [4.69, 9.17) is 13.6 Å². The van der Waals surface area contributed by atoms with Crippen molar-refractivity contribution in [1.82, 2.24) is 25.7 Å².